The van der Waals surface area contributed by atoms with Crippen LogP contribution in [0.4, 0.5) is 0 Å². The van der Waals surface area contributed by atoms with Crippen molar-refractivity contribution in [1.82, 2.24) is 16.0 Å². The Labute approximate surface area is 152 Å². The van der Waals surface area contributed by atoms with Crippen molar-refractivity contribution in [1.29, 1.82) is 0 Å². The van der Waals surface area contributed by atoms with Crippen LogP contribution in [0.15, 0.2) is 30.3 Å². The van der Waals surface area contributed by atoms with Crippen LogP contribution in [0, 0.1) is 5.92 Å². The van der Waals surface area contributed by atoms with Gasteiger partial charge in [0.15, 0.2) is 0 Å². The first-order valence-electron chi connectivity index (χ1n) is 9.97. The lowest BCUT2D eigenvalue weighted by Gasteiger charge is -2.34. The molecule has 2 atom stereocenters. The van der Waals surface area contributed by atoms with Gasteiger partial charge in [0.1, 0.15) is 0 Å². The first-order valence-corrected chi connectivity index (χ1v) is 9.97. The van der Waals surface area contributed by atoms with E-state index in [1.165, 1.54) is 24.8 Å². The highest BCUT2D eigenvalue weighted by atomic mass is 16.1. The van der Waals surface area contributed by atoms with Crippen molar-refractivity contribution >= 4 is 5.91 Å². The van der Waals surface area contributed by atoms with Crippen LogP contribution in [0.1, 0.15) is 63.5 Å². The molecule has 3 N–H and O–H groups in total. The van der Waals surface area contributed by atoms with E-state index in [-0.39, 0.29) is 11.4 Å². The van der Waals surface area contributed by atoms with Crippen LogP contribution < -0.4 is 16.0 Å². The van der Waals surface area contributed by atoms with Gasteiger partial charge in [0.25, 0.3) is 0 Å². The van der Waals surface area contributed by atoms with Crippen LogP contribution in [0.3, 0.4) is 0 Å². The average Bonchev–Trinajstić information content (AvgIpc) is 3.31. The second-order valence-corrected chi connectivity index (χ2v) is 7.94. The molecule has 1 aliphatic carbocycles. The highest BCUT2D eigenvalue weighted by Gasteiger charge is 2.35. The Morgan fingerprint density at radius 2 is 2.04 bits per heavy atom. The average molecular weight is 344 g/mol. The van der Waals surface area contributed by atoms with Gasteiger partial charge in [-0.15, -0.1) is 0 Å². The van der Waals surface area contributed by atoms with Crippen LogP contribution in [-0.2, 0) is 4.79 Å². The molecule has 1 saturated carbocycles. The van der Waals surface area contributed by atoms with Gasteiger partial charge in [-0.05, 0) is 57.2 Å². The second-order valence-electron chi connectivity index (χ2n) is 7.94. The van der Waals surface area contributed by atoms with Gasteiger partial charge in [-0.2, -0.15) is 0 Å². The Morgan fingerprint density at radius 1 is 1.28 bits per heavy atom. The van der Waals surface area contributed by atoms with E-state index >= 15 is 0 Å². The lowest BCUT2D eigenvalue weighted by molar-refractivity contribution is -0.121. The first kappa shape index (κ1) is 18.4. The van der Waals surface area contributed by atoms with Crippen molar-refractivity contribution in [2.24, 2.45) is 5.92 Å². The maximum atomic E-state index is 12.3. The largest absolute Gasteiger partial charge is 0.354 e. The zero-order valence-corrected chi connectivity index (χ0v) is 15.5. The van der Waals surface area contributed by atoms with Gasteiger partial charge in [-0.3, -0.25) is 4.79 Å². The van der Waals surface area contributed by atoms with Gasteiger partial charge >= 0.3 is 0 Å². The summed E-state index contributed by atoms with van der Waals surface area (Å²) in [6.07, 6.45) is 7.69. The van der Waals surface area contributed by atoms with Crippen molar-refractivity contribution in [3.63, 3.8) is 0 Å². The molecule has 138 valence electrons. The Morgan fingerprint density at radius 3 is 2.72 bits per heavy atom. The molecule has 0 bridgehead atoms. The van der Waals surface area contributed by atoms with Crippen LogP contribution in [0.5, 0.6) is 0 Å². The van der Waals surface area contributed by atoms with Crippen LogP contribution in [-0.4, -0.2) is 31.1 Å². The molecule has 1 saturated heterocycles. The SMILES string of the molecule is CC(NC1(CNC(=O)CCC2CCNC2)CCCC1)c1ccccc1. The topological polar surface area (TPSA) is 53.2 Å². The summed E-state index contributed by atoms with van der Waals surface area (Å²) in [5.41, 5.74) is 1.37. The zero-order valence-electron chi connectivity index (χ0n) is 15.5. The van der Waals surface area contributed by atoms with Crippen LogP contribution in [0.25, 0.3) is 0 Å². The fourth-order valence-corrected chi connectivity index (χ4v) is 4.36. The van der Waals surface area contributed by atoms with Crippen molar-refractivity contribution in [2.75, 3.05) is 19.6 Å². The number of carbonyl (C=O) groups is 1. The summed E-state index contributed by atoms with van der Waals surface area (Å²) in [7, 11) is 0. The number of amides is 1. The Hall–Kier alpha value is -1.39. The Balaban J connectivity index is 1.49. The lowest BCUT2D eigenvalue weighted by atomic mass is 9.94. The van der Waals surface area contributed by atoms with Gasteiger partial charge < -0.3 is 16.0 Å². The summed E-state index contributed by atoms with van der Waals surface area (Å²) in [4.78, 5) is 12.3. The van der Waals surface area contributed by atoms with E-state index in [4.69, 9.17) is 0 Å². The molecule has 1 amide bonds. The molecule has 2 unspecified atom stereocenters. The number of benzene rings is 1. The van der Waals surface area contributed by atoms with E-state index in [0.29, 0.717) is 18.4 Å². The van der Waals surface area contributed by atoms with E-state index in [0.717, 1.165) is 38.9 Å². The van der Waals surface area contributed by atoms with Gasteiger partial charge in [0, 0.05) is 24.5 Å². The number of rotatable bonds is 8. The minimum absolute atomic E-state index is 0.0554. The van der Waals surface area contributed by atoms with E-state index in [9.17, 15) is 4.79 Å². The third-order valence-electron chi connectivity index (χ3n) is 5.95. The monoisotopic (exact) mass is 343 g/mol. The summed E-state index contributed by atoms with van der Waals surface area (Å²) >= 11 is 0. The van der Waals surface area contributed by atoms with Crippen LogP contribution >= 0.6 is 0 Å². The van der Waals surface area contributed by atoms with Gasteiger partial charge in [-0.1, -0.05) is 43.2 Å². The molecule has 0 aromatic heterocycles. The molecule has 4 heteroatoms. The molecule has 1 heterocycles. The normalized spacial score (nSPS) is 23.5. The molecule has 2 fully saturated rings. The summed E-state index contributed by atoms with van der Waals surface area (Å²) in [5, 5.41) is 10.4. The quantitative estimate of drug-likeness (QED) is 0.680. The van der Waals surface area contributed by atoms with E-state index in [1.54, 1.807) is 0 Å². The number of hydrogen-bond acceptors (Lipinski definition) is 3. The fraction of sp³-hybridized carbons (Fsp3) is 0.667. The third-order valence-corrected chi connectivity index (χ3v) is 5.95. The van der Waals surface area contributed by atoms with Gasteiger partial charge in [0.2, 0.25) is 5.91 Å². The Bertz CT molecular complexity index is 533. The van der Waals surface area contributed by atoms with E-state index < -0.39 is 0 Å². The Kier molecular flexibility index (Phi) is 6.49. The van der Waals surface area contributed by atoms with Gasteiger partial charge in [0.05, 0.1) is 0 Å². The molecular formula is C21H33N3O. The number of hydrogen-bond donors (Lipinski definition) is 3. The van der Waals surface area contributed by atoms with E-state index in [2.05, 4.69) is 53.2 Å². The molecule has 3 rings (SSSR count). The summed E-state index contributed by atoms with van der Waals surface area (Å²) < 4.78 is 0. The van der Waals surface area contributed by atoms with Gasteiger partial charge in [-0.25, -0.2) is 0 Å². The highest BCUT2D eigenvalue weighted by molar-refractivity contribution is 5.76. The highest BCUT2D eigenvalue weighted by Crippen LogP contribution is 2.32. The first-order chi connectivity index (χ1) is 12.2. The minimum Gasteiger partial charge on any atom is -0.354 e. The number of carbonyl (C=O) groups excluding carboxylic acids is 1. The molecule has 0 spiro atoms. The molecule has 1 aromatic rings. The van der Waals surface area contributed by atoms with Crippen LogP contribution in [0.2, 0.25) is 0 Å². The summed E-state index contributed by atoms with van der Waals surface area (Å²) in [6, 6.07) is 10.9. The number of nitrogens with one attached hydrogen (secondary N) is 3. The maximum Gasteiger partial charge on any atom is 0.220 e. The summed E-state index contributed by atoms with van der Waals surface area (Å²) in [6.45, 7) is 5.17. The fourth-order valence-electron chi connectivity index (χ4n) is 4.36. The maximum absolute atomic E-state index is 12.3. The molecule has 4 nitrogen and oxygen atoms in total. The molecule has 2 aliphatic rings. The molecule has 1 aliphatic heterocycles. The second kappa shape index (κ2) is 8.81. The van der Waals surface area contributed by atoms with Crippen molar-refractivity contribution in [3.8, 4) is 0 Å². The van der Waals surface area contributed by atoms with Crippen molar-refractivity contribution < 1.29 is 4.79 Å². The van der Waals surface area contributed by atoms with Crippen molar-refractivity contribution in [3.05, 3.63) is 35.9 Å². The third kappa shape index (κ3) is 5.29. The van der Waals surface area contributed by atoms with E-state index in [1.807, 2.05) is 0 Å². The predicted molar refractivity (Wildman–Crippen MR) is 102 cm³/mol. The predicted octanol–water partition coefficient (Wildman–Crippen LogP) is 3.16. The smallest absolute Gasteiger partial charge is 0.220 e. The molecule has 0 radical (unpaired) electrons. The summed E-state index contributed by atoms with van der Waals surface area (Å²) in [5.74, 6) is 0.898. The molecule has 1 aromatic carbocycles. The molecular weight excluding hydrogens is 310 g/mol. The lowest BCUT2D eigenvalue weighted by Crippen LogP contribution is -2.52. The minimum atomic E-state index is 0.0554. The standard InChI is InChI=1S/C21H33N3O/c1-17(19-7-3-2-4-8-19)24-21(12-5-6-13-21)16-23-20(25)10-9-18-11-14-22-15-18/h2-4,7-8,17-18,22,24H,5-6,9-16H2,1H3,(H,23,25). The zero-order chi connectivity index (χ0) is 17.5. The van der Waals surface area contributed by atoms with Crippen molar-refractivity contribution in [2.45, 2.75) is 63.5 Å². The molecule has 25 heavy (non-hydrogen) atoms.